The topological polar surface area (TPSA) is 75.5 Å². The molecule has 2 heterocycles. The summed E-state index contributed by atoms with van der Waals surface area (Å²) in [6.07, 6.45) is 3.45. The number of carboxylic acid groups (broad SMARTS) is 1. The van der Waals surface area contributed by atoms with Gasteiger partial charge in [0.1, 0.15) is 4.88 Å². The average Bonchev–Trinajstić information content (AvgIpc) is 2.85. The molecular formula is C13H15N3O3S. The number of nitrogens with zero attached hydrogens (tertiary/aromatic N) is 3. The average molecular weight is 293 g/mol. The molecule has 0 fully saturated rings. The van der Waals surface area contributed by atoms with Gasteiger partial charge in [0.15, 0.2) is 5.13 Å². The molecule has 0 atom stereocenters. The third-order valence-corrected chi connectivity index (χ3v) is 3.86. The van der Waals surface area contributed by atoms with Crippen molar-refractivity contribution in [2.75, 3.05) is 19.1 Å². The van der Waals surface area contributed by atoms with Crippen molar-refractivity contribution in [2.24, 2.45) is 0 Å². The Kier molecular flexibility index (Phi) is 4.65. The monoisotopic (exact) mass is 293 g/mol. The van der Waals surface area contributed by atoms with Gasteiger partial charge < -0.3 is 14.7 Å². The molecule has 0 bridgehead atoms. The molecule has 1 N–H and O–H groups in total. The predicted molar refractivity (Wildman–Crippen MR) is 76.1 cm³/mol. The number of carboxylic acids is 1. The van der Waals surface area contributed by atoms with Crippen LogP contribution in [0.15, 0.2) is 24.5 Å². The van der Waals surface area contributed by atoms with Gasteiger partial charge in [0, 0.05) is 33.1 Å². The van der Waals surface area contributed by atoms with Crippen LogP contribution in [0.4, 0.5) is 5.13 Å². The standard InChI is InChI=1S/C13H15N3O3S/c1-16(7-9-3-5-14-6-4-9)13-15-10(8-19-2)11(20-13)12(17)18/h3-6H,7-8H2,1-2H3,(H,17,18). The van der Waals surface area contributed by atoms with Crippen LogP contribution in [0, 0.1) is 0 Å². The summed E-state index contributed by atoms with van der Waals surface area (Å²) in [5, 5.41) is 9.82. The highest BCUT2D eigenvalue weighted by Gasteiger charge is 2.19. The van der Waals surface area contributed by atoms with Gasteiger partial charge in [0.25, 0.3) is 0 Å². The molecule has 0 aliphatic heterocycles. The van der Waals surface area contributed by atoms with Crippen LogP contribution in [0.1, 0.15) is 20.9 Å². The SMILES string of the molecule is COCc1nc(N(C)Cc2ccncc2)sc1C(=O)O. The normalized spacial score (nSPS) is 10.5. The second-order valence-corrected chi connectivity index (χ2v) is 5.20. The first kappa shape index (κ1) is 14.4. The molecular weight excluding hydrogens is 278 g/mol. The minimum absolute atomic E-state index is 0.196. The van der Waals surface area contributed by atoms with Gasteiger partial charge in [-0.05, 0) is 17.7 Å². The van der Waals surface area contributed by atoms with Crippen LogP contribution in [0.25, 0.3) is 0 Å². The van der Waals surface area contributed by atoms with Gasteiger partial charge in [-0.2, -0.15) is 0 Å². The van der Waals surface area contributed by atoms with Crippen LogP contribution in [0.3, 0.4) is 0 Å². The lowest BCUT2D eigenvalue weighted by Gasteiger charge is -2.15. The summed E-state index contributed by atoms with van der Waals surface area (Å²) in [4.78, 5) is 21.6. The molecule has 2 aromatic rings. The third-order valence-electron chi connectivity index (χ3n) is 2.66. The molecule has 2 rings (SSSR count). The maximum Gasteiger partial charge on any atom is 0.347 e. The summed E-state index contributed by atoms with van der Waals surface area (Å²) in [7, 11) is 3.40. The summed E-state index contributed by atoms with van der Waals surface area (Å²) in [6.45, 7) is 0.836. The molecule has 0 unspecified atom stereocenters. The highest BCUT2D eigenvalue weighted by molar-refractivity contribution is 7.17. The fourth-order valence-electron chi connectivity index (χ4n) is 1.73. The number of methoxy groups -OCH3 is 1. The number of anilines is 1. The Hall–Kier alpha value is -1.99. The van der Waals surface area contributed by atoms with Crippen molar-refractivity contribution in [1.82, 2.24) is 9.97 Å². The number of aromatic nitrogens is 2. The second-order valence-electron chi connectivity index (χ2n) is 4.22. The highest BCUT2D eigenvalue weighted by Crippen LogP contribution is 2.27. The Labute approximate surface area is 120 Å². The van der Waals surface area contributed by atoms with Crippen LogP contribution < -0.4 is 4.90 Å². The summed E-state index contributed by atoms with van der Waals surface area (Å²) in [6, 6.07) is 3.83. The zero-order valence-corrected chi connectivity index (χ0v) is 12.1. The van der Waals surface area contributed by atoms with E-state index in [0.717, 1.165) is 16.9 Å². The van der Waals surface area contributed by atoms with E-state index in [0.29, 0.717) is 17.4 Å². The Morgan fingerprint density at radius 3 is 2.75 bits per heavy atom. The first-order chi connectivity index (χ1) is 9.61. The van der Waals surface area contributed by atoms with Crippen LogP contribution in [-0.4, -0.2) is 35.2 Å². The van der Waals surface area contributed by atoms with E-state index in [9.17, 15) is 4.79 Å². The molecule has 7 heteroatoms. The molecule has 6 nitrogen and oxygen atoms in total. The fourth-order valence-corrected chi connectivity index (χ4v) is 2.60. The van der Waals surface area contributed by atoms with Crippen molar-refractivity contribution in [3.05, 3.63) is 40.7 Å². The first-order valence-electron chi connectivity index (χ1n) is 5.93. The quantitative estimate of drug-likeness (QED) is 0.878. The van der Waals surface area contributed by atoms with Gasteiger partial charge in [0.05, 0.1) is 12.3 Å². The van der Waals surface area contributed by atoms with Gasteiger partial charge in [0.2, 0.25) is 0 Å². The molecule has 0 aliphatic rings. The van der Waals surface area contributed by atoms with Crippen molar-refractivity contribution in [1.29, 1.82) is 0 Å². The van der Waals surface area contributed by atoms with E-state index in [1.807, 2.05) is 24.1 Å². The van der Waals surface area contributed by atoms with E-state index in [-0.39, 0.29) is 11.5 Å². The fraction of sp³-hybridized carbons (Fsp3) is 0.308. The molecule has 0 saturated heterocycles. The molecule has 0 spiro atoms. The molecule has 2 aromatic heterocycles. The summed E-state index contributed by atoms with van der Waals surface area (Å²) >= 11 is 1.15. The van der Waals surface area contributed by atoms with Gasteiger partial charge >= 0.3 is 5.97 Å². The highest BCUT2D eigenvalue weighted by atomic mass is 32.1. The lowest BCUT2D eigenvalue weighted by molar-refractivity contribution is 0.0697. The Balaban J connectivity index is 2.19. The van der Waals surface area contributed by atoms with Crippen LogP contribution in [0.5, 0.6) is 0 Å². The number of rotatable bonds is 6. The number of ether oxygens (including phenoxy) is 1. The van der Waals surface area contributed by atoms with Crippen molar-refractivity contribution >= 4 is 22.4 Å². The summed E-state index contributed by atoms with van der Waals surface area (Å²) in [5.41, 5.74) is 1.55. The van der Waals surface area contributed by atoms with Crippen LogP contribution >= 0.6 is 11.3 Å². The van der Waals surface area contributed by atoms with Crippen molar-refractivity contribution in [3.8, 4) is 0 Å². The zero-order chi connectivity index (χ0) is 14.5. The first-order valence-corrected chi connectivity index (χ1v) is 6.75. The van der Waals surface area contributed by atoms with Crippen molar-refractivity contribution < 1.29 is 14.6 Å². The van der Waals surface area contributed by atoms with E-state index in [4.69, 9.17) is 9.84 Å². The van der Waals surface area contributed by atoms with Crippen LogP contribution in [0.2, 0.25) is 0 Å². The molecule has 106 valence electrons. The molecule has 0 saturated carbocycles. The largest absolute Gasteiger partial charge is 0.477 e. The third kappa shape index (κ3) is 3.31. The second kappa shape index (κ2) is 6.44. The van der Waals surface area contributed by atoms with Crippen molar-refractivity contribution in [3.63, 3.8) is 0 Å². The molecule has 0 aromatic carbocycles. The lowest BCUT2D eigenvalue weighted by Crippen LogP contribution is -2.16. The van der Waals surface area contributed by atoms with Gasteiger partial charge in [-0.15, -0.1) is 0 Å². The molecule has 0 radical (unpaired) electrons. The number of hydrogen-bond acceptors (Lipinski definition) is 6. The molecule has 0 aliphatic carbocycles. The Morgan fingerprint density at radius 1 is 1.45 bits per heavy atom. The molecule has 20 heavy (non-hydrogen) atoms. The number of aromatic carboxylic acids is 1. The van der Waals surface area contributed by atoms with Gasteiger partial charge in [-0.3, -0.25) is 4.98 Å². The van der Waals surface area contributed by atoms with E-state index in [1.165, 1.54) is 7.11 Å². The maximum atomic E-state index is 11.2. The van der Waals surface area contributed by atoms with E-state index >= 15 is 0 Å². The van der Waals surface area contributed by atoms with Crippen molar-refractivity contribution in [2.45, 2.75) is 13.2 Å². The van der Waals surface area contributed by atoms with Crippen LogP contribution in [-0.2, 0) is 17.9 Å². The van der Waals surface area contributed by atoms with Gasteiger partial charge in [-0.1, -0.05) is 11.3 Å². The predicted octanol–water partition coefficient (Wildman–Crippen LogP) is 2.02. The summed E-state index contributed by atoms with van der Waals surface area (Å²) < 4.78 is 4.98. The smallest absolute Gasteiger partial charge is 0.347 e. The van der Waals surface area contributed by atoms with E-state index < -0.39 is 5.97 Å². The van der Waals surface area contributed by atoms with Gasteiger partial charge in [-0.25, -0.2) is 9.78 Å². The summed E-state index contributed by atoms with van der Waals surface area (Å²) in [5.74, 6) is -0.974. The zero-order valence-electron chi connectivity index (χ0n) is 11.2. The maximum absolute atomic E-state index is 11.2. The lowest BCUT2D eigenvalue weighted by atomic mass is 10.2. The Morgan fingerprint density at radius 2 is 2.15 bits per heavy atom. The van der Waals surface area contributed by atoms with E-state index in [2.05, 4.69) is 9.97 Å². The minimum Gasteiger partial charge on any atom is -0.477 e. The number of hydrogen-bond donors (Lipinski definition) is 1. The Bertz CT molecular complexity index is 586. The minimum atomic E-state index is -0.974. The number of carbonyl (C=O) groups is 1. The van der Waals surface area contributed by atoms with E-state index in [1.54, 1.807) is 12.4 Å². The molecule has 0 amide bonds. The number of thiazole rings is 1. The number of pyridine rings is 1.